The molecule has 18 heavy (non-hydrogen) atoms. The van der Waals surface area contributed by atoms with Crippen molar-refractivity contribution in [3.8, 4) is 0 Å². The summed E-state index contributed by atoms with van der Waals surface area (Å²) in [4.78, 5) is 2.45. The Morgan fingerprint density at radius 2 is 2.22 bits per heavy atom. The summed E-state index contributed by atoms with van der Waals surface area (Å²) in [5, 5.41) is 0.807. The van der Waals surface area contributed by atoms with Crippen LogP contribution in [0.4, 0.5) is 5.69 Å². The van der Waals surface area contributed by atoms with Crippen molar-refractivity contribution < 1.29 is 0 Å². The zero-order valence-electron chi connectivity index (χ0n) is 11.1. The van der Waals surface area contributed by atoms with E-state index in [1.807, 2.05) is 17.8 Å². The molecule has 2 nitrogen and oxygen atoms in total. The van der Waals surface area contributed by atoms with E-state index >= 15 is 0 Å². The normalized spacial score (nSPS) is 19.0. The third-order valence-electron chi connectivity index (χ3n) is 3.23. The van der Waals surface area contributed by atoms with Gasteiger partial charge in [-0.3, -0.25) is 0 Å². The van der Waals surface area contributed by atoms with Gasteiger partial charge in [0.05, 0.1) is 0 Å². The fourth-order valence-electron chi connectivity index (χ4n) is 2.42. The van der Waals surface area contributed by atoms with E-state index in [0.29, 0.717) is 11.3 Å². The van der Waals surface area contributed by atoms with Crippen LogP contribution >= 0.6 is 23.4 Å². The van der Waals surface area contributed by atoms with Crippen LogP contribution in [0.2, 0.25) is 5.02 Å². The van der Waals surface area contributed by atoms with Gasteiger partial charge in [-0.1, -0.05) is 17.7 Å². The van der Waals surface area contributed by atoms with Crippen molar-refractivity contribution in [2.45, 2.75) is 25.0 Å². The maximum absolute atomic E-state index is 6.14. The molecule has 0 amide bonds. The molecule has 0 aliphatic carbocycles. The highest BCUT2D eigenvalue weighted by molar-refractivity contribution is 8.00. The first-order valence-corrected chi connectivity index (χ1v) is 7.75. The zero-order valence-corrected chi connectivity index (χ0v) is 12.7. The quantitative estimate of drug-likeness (QED) is 0.924. The van der Waals surface area contributed by atoms with Crippen LogP contribution in [-0.4, -0.2) is 30.1 Å². The smallest absolute Gasteiger partial charge is 0.0426 e. The van der Waals surface area contributed by atoms with E-state index < -0.39 is 0 Å². The average Bonchev–Trinajstić information content (AvgIpc) is 2.30. The zero-order chi connectivity index (χ0) is 13.2. The lowest BCUT2D eigenvalue weighted by Crippen LogP contribution is -2.43. The molecule has 1 aliphatic rings. The molecule has 4 heteroatoms. The highest BCUT2D eigenvalue weighted by Crippen LogP contribution is 2.34. The highest BCUT2D eigenvalue weighted by atomic mass is 35.5. The molecule has 1 aliphatic heterocycles. The molecule has 0 atom stereocenters. The molecule has 1 fully saturated rings. The van der Waals surface area contributed by atoms with E-state index in [2.05, 4.69) is 30.9 Å². The van der Waals surface area contributed by atoms with Crippen molar-refractivity contribution in [2.24, 2.45) is 5.73 Å². The molecule has 1 aromatic carbocycles. The first-order chi connectivity index (χ1) is 8.52. The molecular weight excluding hydrogens is 264 g/mol. The summed E-state index contributed by atoms with van der Waals surface area (Å²) in [6, 6.07) is 6.15. The van der Waals surface area contributed by atoms with Gasteiger partial charge < -0.3 is 10.6 Å². The minimum Gasteiger partial charge on any atom is -0.369 e. The number of nitrogens with zero attached hydrogens (tertiary/aromatic N) is 1. The number of hydrogen-bond donors (Lipinski definition) is 1. The number of thioether (sulfide) groups is 1. The number of nitrogens with two attached hydrogens (primary N) is 1. The van der Waals surface area contributed by atoms with Gasteiger partial charge in [0.2, 0.25) is 0 Å². The van der Waals surface area contributed by atoms with Crippen molar-refractivity contribution >= 4 is 29.1 Å². The number of anilines is 1. The van der Waals surface area contributed by atoms with Crippen LogP contribution in [0.3, 0.4) is 0 Å². The minimum atomic E-state index is 0.306. The summed E-state index contributed by atoms with van der Waals surface area (Å²) < 4.78 is 0.306. The number of halogens is 1. The second-order valence-electron chi connectivity index (χ2n) is 5.34. The van der Waals surface area contributed by atoms with E-state index in [1.54, 1.807) is 0 Å². The molecule has 0 bridgehead atoms. The summed E-state index contributed by atoms with van der Waals surface area (Å²) in [5.74, 6) is 1.17. The number of hydrogen-bond acceptors (Lipinski definition) is 3. The average molecular weight is 285 g/mol. The van der Waals surface area contributed by atoms with Crippen molar-refractivity contribution in [1.29, 1.82) is 0 Å². The van der Waals surface area contributed by atoms with E-state index in [-0.39, 0.29) is 0 Å². The Hall–Kier alpha value is -0.380. The lowest BCUT2D eigenvalue weighted by molar-refractivity contribution is 0.645. The molecule has 0 aromatic heterocycles. The third kappa shape index (κ3) is 3.34. The molecule has 2 N–H and O–H groups in total. The summed E-state index contributed by atoms with van der Waals surface area (Å²) >= 11 is 8.19. The molecule has 0 unspecified atom stereocenters. The molecular formula is C14H21ClN2S. The van der Waals surface area contributed by atoms with Gasteiger partial charge in [0.1, 0.15) is 0 Å². The second kappa shape index (κ2) is 5.72. The lowest BCUT2D eigenvalue weighted by Gasteiger charge is -2.39. The lowest BCUT2D eigenvalue weighted by atomic mass is 10.1. The van der Waals surface area contributed by atoms with Crippen molar-refractivity contribution in [2.75, 3.05) is 30.3 Å². The number of rotatable bonds is 3. The van der Waals surface area contributed by atoms with E-state index in [9.17, 15) is 0 Å². The Morgan fingerprint density at radius 1 is 1.44 bits per heavy atom. The Morgan fingerprint density at radius 3 is 2.89 bits per heavy atom. The van der Waals surface area contributed by atoms with Gasteiger partial charge in [-0.25, -0.2) is 0 Å². The van der Waals surface area contributed by atoms with Crippen LogP contribution in [0.5, 0.6) is 0 Å². The Labute approximate surface area is 119 Å². The maximum Gasteiger partial charge on any atom is 0.0426 e. The van der Waals surface area contributed by atoms with Crippen LogP contribution in [0, 0.1) is 0 Å². The molecule has 0 spiro atoms. The molecule has 1 aromatic rings. The van der Waals surface area contributed by atoms with Gasteiger partial charge in [0.25, 0.3) is 0 Å². The fraction of sp³-hybridized carbons (Fsp3) is 0.571. The van der Waals surface area contributed by atoms with Crippen LogP contribution in [0.25, 0.3) is 0 Å². The SMILES string of the molecule is CC1(C)CN(c2cc(Cl)ccc2CCN)CCS1. The highest BCUT2D eigenvalue weighted by Gasteiger charge is 2.28. The predicted molar refractivity (Wildman–Crippen MR) is 83.0 cm³/mol. The summed E-state index contributed by atoms with van der Waals surface area (Å²) in [6.45, 7) is 7.44. The molecule has 0 radical (unpaired) electrons. The molecule has 1 heterocycles. The molecule has 2 rings (SSSR count). The topological polar surface area (TPSA) is 29.3 Å². The van der Waals surface area contributed by atoms with Crippen molar-refractivity contribution in [3.63, 3.8) is 0 Å². The van der Waals surface area contributed by atoms with Crippen LogP contribution in [-0.2, 0) is 6.42 Å². The first-order valence-electron chi connectivity index (χ1n) is 6.39. The van der Waals surface area contributed by atoms with Gasteiger partial charge in [0.15, 0.2) is 0 Å². The second-order valence-corrected chi connectivity index (χ2v) is 7.58. The van der Waals surface area contributed by atoms with E-state index in [4.69, 9.17) is 17.3 Å². The number of benzene rings is 1. The van der Waals surface area contributed by atoms with E-state index in [1.165, 1.54) is 17.0 Å². The summed E-state index contributed by atoms with van der Waals surface area (Å²) in [7, 11) is 0. The Kier molecular flexibility index (Phi) is 4.46. The molecule has 1 saturated heterocycles. The molecule has 0 saturated carbocycles. The predicted octanol–water partition coefficient (Wildman–Crippen LogP) is 3.17. The van der Waals surface area contributed by atoms with Gasteiger partial charge in [-0.15, -0.1) is 0 Å². The monoisotopic (exact) mass is 284 g/mol. The van der Waals surface area contributed by atoms with Crippen LogP contribution in [0.1, 0.15) is 19.4 Å². The van der Waals surface area contributed by atoms with Crippen molar-refractivity contribution in [3.05, 3.63) is 28.8 Å². The Bertz CT molecular complexity index is 420. The van der Waals surface area contributed by atoms with Crippen LogP contribution < -0.4 is 10.6 Å². The van der Waals surface area contributed by atoms with Gasteiger partial charge in [-0.2, -0.15) is 11.8 Å². The maximum atomic E-state index is 6.14. The molecule has 100 valence electrons. The Balaban J connectivity index is 2.28. The summed E-state index contributed by atoms with van der Waals surface area (Å²) in [6.07, 6.45) is 0.913. The first kappa shape index (κ1) is 14.0. The summed E-state index contributed by atoms with van der Waals surface area (Å²) in [5.41, 5.74) is 8.27. The van der Waals surface area contributed by atoms with Crippen molar-refractivity contribution in [1.82, 2.24) is 0 Å². The van der Waals surface area contributed by atoms with Gasteiger partial charge >= 0.3 is 0 Å². The van der Waals surface area contributed by atoms with Gasteiger partial charge in [-0.05, 0) is 44.5 Å². The minimum absolute atomic E-state index is 0.306. The largest absolute Gasteiger partial charge is 0.369 e. The van der Waals surface area contributed by atoms with E-state index in [0.717, 1.165) is 24.5 Å². The fourth-order valence-corrected chi connectivity index (χ4v) is 3.70. The third-order valence-corrected chi connectivity index (χ3v) is 4.76. The van der Waals surface area contributed by atoms with Gasteiger partial charge in [0, 0.05) is 34.3 Å². The van der Waals surface area contributed by atoms with Crippen LogP contribution in [0.15, 0.2) is 18.2 Å². The standard InChI is InChI=1S/C14H21ClN2S/c1-14(2)10-17(7-8-18-14)13-9-12(15)4-3-11(13)5-6-16/h3-4,9H,5-8,10,16H2,1-2H3.